The molecule has 1 aromatic carbocycles. The predicted octanol–water partition coefficient (Wildman–Crippen LogP) is 2.86. The van der Waals surface area contributed by atoms with Crippen LogP contribution in [0.1, 0.15) is 5.56 Å². The van der Waals surface area contributed by atoms with Crippen molar-refractivity contribution in [2.24, 2.45) is 0 Å². The Morgan fingerprint density at radius 3 is 2.56 bits per heavy atom. The number of hydrogen-bond donors (Lipinski definition) is 1. The van der Waals surface area contributed by atoms with E-state index in [1.807, 2.05) is 4.90 Å². The van der Waals surface area contributed by atoms with Gasteiger partial charge in [-0.3, -0.25) is 4.90 Å². The second kappa shape index (κ2) is 7.21. The molecular formula is C18H17ClF2N6. The molecule has 0 aliphatic carbocycles. The summed E-state index contributed by atoms with van der Waals surface area (Å²) in [4.78, 5) is 17.1. The largest absolute Gasteiger partial charge is 0.381 e. The zero-order valence-electron chi connectivity index (χ0n) is 14.4. The number of anilines is 2. The van der Waals surface area contributed by atoms with E-state index in [2.05, 4.69) is 19.9 Å². The second-order valence-corrected chi connectivity index (χ2v) is 6.81. The number of fused-ring (bicyclic) bond motifs is 1. The molecule has 4 rings (SSSR count). The molecule has 6 nitrogen and oxygen atoms in total. The Bertz CT molecular complexity index is 991. The van der Waals surface area contributed by atoms with Gasteiger partial charge in [0.15, 0.2) is 11.6 Å². The van der Waals surface area contributed by atoms with Gasteiger partial charge in [0.05, 0.1) is 11.7 Å². The monoisotopic (exact) mass is 390 g/mol. The molecule has 3 heterocycles. The maximum atomic E-state index is 13.9. The number of nitrogens with two attached hydrogens (primary N) is 1. The second-order valence-electron chi connectivity index (χ2n) is 6.43. The summed E-state index contributed by atoms with van der Waals surface area (Å²) in [6.07, 6.45) is 1.54. The van der Waals surface area contributed by atoms with E-state index in [0.29, 0.717) is 66.1 Å². The van der Waals surface area contributed by atoms with Crippen LogP contribution in [0.5, 0.6) is 0 Å². The van der Waals surface area contributed by atoms with Gasteiger partial charge in [-0.05, 0) is 6.07 Å². The van der Waals surface area contributed by atoms with Crippen LogP contribution in [-0.4, -0.2) is 46.0 Å². The molecule has 0 radical (unpaired) electrons. The Kier molecular flexibility index (Phi) is 4.75. The molecule has 27 heavy (non-hydrogen) atoms. The van der Waals surface area contributed by atoms with Crippen molar-refractivity contribution in [2.75, 3.05) is 36.8 Å². The number of nitrogen functional groups attached to an aromatic ring is 1. The number of pyridine rings is 1. The zero-order chi connectivity index (χ0) is 19.0. The van der Waals surface area contributed by atoms with Crippen LogP contribution in [0.25, 0.3) is 11.0 Å². The topological polar surface area (TPSA) is 71.2 Å². The van der Waals surface area contributed by atoms with Crippen molar-refractivity contribution >= 4 is 34.3 Å². The molecule has 0 atom stereocenters. The maximum absolute atomic E-state index is 13.9. The number of halogens is 3. The van der Waals surface area contributed by atoms with Crippen molar-refractivity contribution in [2.45, 2.75) is 6.54 Å². The summed E-state index contributed by atoms with van der Waals surface area (Å²) >= 11 is 5.93. The van der Waals surface area contributed by atoms with Crippen LogP contribution >= 0.6 is 11.6 Å². The van der Waals surface area contributed by atoms with E-state index < -0.39 is 11.6 Å². The first kappa shape index (κ1) is 17.8. The normalized spacial score (nSPS) is 15.4. The van der Waals surface area contributed by atoms with Gasteiger partial charge in [0.1, 0.15) is 22.3 Å². The van der Waals surface area contributed by atoms with Crippen LogP contribution in [0.3, 0.4) is 0 Å². The molecular weight excluding hydrogens is 374 g/mol. The number of benzene rings is 1. The lowest BCUT2D eigenvalue weighted by atomic mass is 10.2. The third-order valence-corrected chi connectivity index (χ3v) is 4.81. The van der Waals surface area contributed by atoms with E-state index >= 15 is 0 Å². The Morgan fingerprint density at radius 1 is 1.04 bits per heavy atom. The molecule has 1 aliphatic heterocycles. The fraction of sp³-hybridized carbons (Fsp3) is 0.278. The maximum Gasteiger partial charge on any atom is 0.172 e. The van der Waals surface area contributed by atoms with E-state index in [1.54, 1.807) is 12.3 Å². The molecule has 1 aliphatic rings. The molecule has 0 bridgehead atoms. The van der Waals surface area contributed by atoms with Crippen molar-refractivity contribution in [1.82, 2.24) is 19.9 Å². The summed E-state index contributed by atoms with van der Waals surface area (Å²) in [7, 11) is 0. The van der Waals surface area contributed by atoms with Gasteiger partial charge in [0, 0.05) is 50.4 Å². The van der Waals surface area contributed by atoms with E-state index in [0.717, 1.165) is 6.07 Å². The highest BCUT2D eigenvalue weighted by molar-refractivity contribution is 6.29. The smallest absolute Gasteiger partial charge is 0.172 e. The van der Waals surface area contributed by atoms with Crippen LogP contribution in [-0.2, 0) is 6.54 Å². The molecule has 1 saturated heterocycles. The SMILES string of the molecule is Nc1nc2cnc(Cl)cc2nc1N1CCN(Cc2ccc(F)cc2F)CC1. The van der Waals surface area contributed by atoms with Gasteiger partial charge in [0.25, 0.3) is 0 Å². The Balaban J connectivity index is 1.47. The fourth-order valence-corrected chi connectivity index (χ4v) is 3.33. The molecule has 1 fully saturated rings. The molecule has 0 amide bonds. The molecule has 140 valence electrons. The lowest BCUT2D eigenvalue weighted by Gasteiger charge is -2.35. The lowest BCUT2D eigenvalue weighted by Crippen LogP contribution is -2.46. The van der Waals surface area contributed by atoms with Crippen LogP contribution in [0.15, 0.2) is 30.5 Å². The highest BCUT2D eigenvalue weighted by Crippen LogP contribution is 2.25. The van der Waals surface area contributed by atoms with Crippen LogP contribution in [0.4, 0.5) is 20.4 Å². The first-order valence-electron chi connectivity index (χ1n) is 8.49. The lowest BCUT2D eigenvalue weighted by molar-refractivity contribution is 0.246. The Morgan fingerprint density at radius 2 is 1.81 bits per heavy atom. The molecule has 2 N–H and O–H groups in total. The molecule has 2 aromatic heterocycles. The van der Waals surface area contributed by atoms with E-state index in [4.69, 9.17) is 17.3 Å². The Labute approximate surface area is 159 Å². The van der Waals surface area contributed by atoms with Crippen molar-refractivity contribution in [3.05, 3.63) is 52.8 Å². The van der Waals surface area contributed by atoms with E-state index in [-0.39, 0.29) is 0 Å². The zero-order valence-corrected chi connectivity index (χ0v) is 15.1. The molecule has 0 saturated carbocycles. The van der Waals surface area contributed by atoms with Gasteiger partial charge in [-0.1, -0.05) is 17.7 Å². The predicted molar refractivity (Wildman–Crippen MR) is 101 cm³/mol. The summed E-state index contributed by atoms with van der Waals surface area (Å²) in [6.45, 7) is 3.18. The number of aromatic nitrogens is 3. The Hall–Kier alpha value is -2.58. The van der Waals surface area contributed by atoms with Crippen molar-refractivity contribution in [3.8, 4) is 0 Å². The molecule has 0 unspecified atom stereocenters. The minimum absolute atomic E-state index is 0.338. The minimum atomic E-state index is -0.568. The third-order valence-electron chi connectivity index (χ3n) is 4.61. The van der Waals surface area contributed by atoms with Gasteiger partial charge in [-0.2, -0.15) is 0 Å². The van der Waals surface area contributed by atoms with E-state index in [1.165, 1.54) is 12.1 Å². The standard InChI is InChI=1S/C18H17ClF2N6/c19-16-8-14-15(9-23-16)24-17(22)18(25-14)27-5-3-26(4-6-27)10-11-1-2-12(20)7-13(11)21/h1-2,7-9H,3-6,10H2,(H2,22,24). The number of rotatable bonds is 3. The van der Waals surface area contributed by atoms with Crippen LogP contribution in [0, 0.1) is 11.6 Å². The summed E-state index contributed by atoms with van der Waals surface area (Å²) in [5.41, 5.74) is 7.78. The minimum Gasteiger partial charge on any atom is -0.381 e. The van der Waals surface area contributed by atoms with E-state index in [9.17, 15) is 8.78 Å². The number of nitrogens with zero attached hydrogens (tertiary/aromatic N) is 5. The quantitative estimate of drug-likeness (QED) is 0.693. The highest BCUT2D eigenvalue weighted by atomic mass is 35.5. The van der Waals surface area contributed by atoms with Gasteiger partial charge >= 0.3 is 0 Å². The van der Waals surface area contributed by atoms with Gasteiger partial charge in [-0.15, -0.1) is 0 Å². The molecule has 9 heteroatoms. The number of piperazine rings is 1. The molecule has 3 aromatic rings. The van der Waals surface area contributed by atoms with Crippen LogP contribution in [0.2, 0.25) is 5.15 Å². The third kappa shape index (κ3) is 3.77. The van der Waals surface area contributed by atoms with Crippen molar-refractivity contribution in [3.63, 3.8) is 0 Å². The van der Waals surface area contributed by atoms with Gasteiger partial charge in [0.2, 0.25) is 0 Å². The number of hydrogen-bond acceptors (Lipinski definition) is 6. The van der Waals surface area contributed by atoms with Crippen molar-refractivity contribution < 1.29 is 8.78 Å². The average Bonchev–Trinajstić information content (AvgIpc) is 2.64. The van der Waals surface area contributed by atoms with Gasteiger partial charge < -0.3 is 10.6 Å². The fourth-order valence-electron chi connectivity index (χ4n) is 3.18. The van der Waals surface area contributed by atoms with Crippen molar-refractivity contribution in [1.29, 1.82) is 0 Å². The average molecular weight is 391 g/mol. The van der Waals surface area contributed by atoms with Crippen LogP contribution < -0.4 is 10.6 Å². The summed E-state index contributed by atoms with van der Waals surface area (Å²) < 4.78 is 26.9. The highest BCUT2D eigenvalue weighted by Gasteiger charge is 2.22. The summed E-state index contributed by atoms with van der Waals surface area (Å²) in [6, 6.07) is 5.33. The summed E-state index contributed by atoms with van der Waals surface area (Å²) in [5.74, 6) is -0.142. The first-order chi connectivity index (χ1) is 13.0. The summed E-state index contributed by atoms with van der Waals surface area (Å²) in [5, 5.41) is 0.346. The van der Waals surface area contributed by atoms with Gasteiger partial charge in [-0.25, -0.2) is 23.7 Å². The first-order valence-corrected chi connectivity index (χ1v) is 8.87. The molecule has 0 spiro atoms.